The molecule has 156 valence electrons. The Hall–Kier alpha value is -1.89. The average molecular weight is 386 g/mol. The third-order valence-corrected chi connectivity index (χ3v) is 4.77. The lowest BCUT2D eigenvalue weighted by molar-refractivity contribution is -0.921. The Balaban J connectivity index is 4.70. The number of allylic oxidation sites excluding steroid dienone is 1. The van der Waals surface area contributed by atoms with Crippen molar-refractivity contribution in [2.24, 2.45) is 0 Å². The average Bonchev–Trinajstić information content (AvgIpc) is 2.61. The first-order valence-electron chi connectivity index (χ1n) is 9.95. The number of carboxylic acids is 3. The summed E-state index contributed by atoms with van der Waals surface area (Å²) in [5, 5.41) is 28.9. The molecule has 0 aliphatic rings. The van der Waals surface area contributed by atoms with Crippen molar-refractivity contribution in [2.75, 3.05) is 26.2 Å². The third-order valence-electron chi connectivity index (χ3n) is 4.77. The van der Waals surface area contributed by atoms with Crippen LogP contribution in [0.2, 0.25) is 0 Å². The number of hydrogen-bond donors (Lipinski definition) is 2. The van der Waals surface area contributed by atoms with Crippen molar-refractivity contribution in [3.63, 3.8) is 0 Å². The van der Waals surface area contributed by atoms with Crippen LogP contribution < -0.4 is 5.11 Å². The van der Waals surface area contributed by atoms with E-state index in [9.17, 15) is 19.5 Å². The molecule has 7 heteroatoms. The van der Waals surface area contributed by atoms with Crippen LogP contribution in [0, 0.1) is 0 Å². The number of unbranched alkanes of at least 4 members (excludes halogenated alkanes) is 6. The molecule has 0 aliphatic carbocycles. The van der Waals surface area contributed by atoms with Gasteiger partial charge < -0.3 is 24.6 Å². The standard InChI is InChI=1S/C20H35NO6/c1-2-3-4-5-6-7-8-9-10-14-21(15-11-18(22)23,16-12-19(24)25)17-13-20(26)27/h9-10H,2-8,11-17H2,1H3,(H2-,22,23,24,25,26,27)/b10-9+. The zero-order valence-electron chi connectivity index (χ0n) is 16.5. The van der Waals surface area contributed by atoms with E-state index in [-0.39, 0.29) is 43.4 Å². The van der Waals surface area contributed by atoms with Crippen LogP contribution in [-0.2, 0) is 14.4 Å². The van der Waals surface area contributed by atoms with Gasteiger partial charge >= 0.3 is 11.9 Å². The summed E-state index contributed by atoms with van der Waals surface area (Å²) in [4.78, 5) is 32.8. The fourth-order valence-corrected chi connectivity index (χ4v) is 3.06. The Kier molecular flexibility index (Phi) is 14.1. The highest BCUT2D eigenvalue weighted by Gasteiger charge is 2.27. The highest BCUT2D eigenvalue weighted by Crippen LogP contribution is 2.13. The maximum Gasteiger partial charge on any atom is 0.309 e. The number of carboxylic acid groups (broad SMARTS) is 3. The smallest absolute Gasteiger partial charge is 0.309 e. The SMILES string of the molecule is CCCCCCCC/C=C/C[N+](CCC(=O)[O-])(CCC(=O)O)CCC(=O)O. The molecule has 0 atom stereocenters. The molecule has 7 nitrogen and oxygen atoms in total. The molecule has 27 heavy (non-hydrogen) atoms. The van der Waals surface area contributed by atoms with Gasteiger partial charge in [-0.1, -0.05) is 45.1 Å². The van der Waals surface area contributed by atoms with E-state index in [1.807, 2.05) is 12.2 Å². The lowest BCUT2D eigenvalue weighted by Crippen LogP contribution is -2.52. The molecule has 0 aromatic rings. The minimum absolute atomic E-state index is 0.127. The summed E-state index contributed by atoms with van der Waals surface area (Å²) in [5.74, 6) is -3.16. The van der Waals surface area contributed by atoms with Crippen molar-refractivity contribution in [3.05, 3.63) is 12.2 Å². The molecule has 0 saturated carbocycles. The van der Waals surface area contributed by atoms with Crippen molar-refractivity contribution >= 4 is 17.9 Å². The van der Waals surface area contributed by atoms with Crippen LogP contribution in [0.5, 0.6) is 0 Å². The molecule has 2 N–H and O–H groups in total. The first-order valence-corrected chi connectivity index (χ1v) is 9.95. The second kappa shape index (κ2) is 15.2. The zero-order valence-corrected chi connectivity index (χ0v) is 16.5. The fraction of sp³-hybridized carbons (Fsp3) is 0.750. The van der Waals surface area contributed by atoms with Crippen LogP contribution in [0.15, 0.2) is 12.2 Å². The number of rotatable bonds is 18. The minimum atomic E-state index is -1.21. The van der Waals surface area contributed by atoms with Gasteiger partial charge in [0.05, 0.1) is 39.0 Å². The highest BCUT2D eigenvalue weighted by molar-refractivity contribution is 5.67. The zero-order chi connectivity index (χ0) is 20.5. The summed E-state index contributed by atoms with van der Waals surface area (Å²) in [5.41, 5.74) is 0. The summed E-state index contributed by atoms with van der Waals surface area (Å²) in [6, 6.07) is 0. The predicted octanol–water partition coefficient (Wildman–Crippen LogP) is 2.20. The molecule has 0 fully saturated rings. The first-order chi connectivity index (χ1) is 12.8. The van der Waals surface area contributed by atoms with Gasteiger partial charge in [0.15, 0.2) is 0 Å². The Bertz CT molecular complexity index is 430. The Morgan fingerprint density at radius 1 is 0.815 bits per heavy atom. The van der Waals surface area contributed by atoms with E-state index in [0.717, 1.165) is 12.8 Å². The van der Waals surface area contributed by atoms with Crippen LogP contribution in [0.3, 0.4) is 0 Å². The molecule has 0 saturated heterocycles. The van der Waals surface area contributed by atoms with Gasteiger partial charge in [-0.3, -0.25) is 9.59 Å². The van der Waals surface area contributed by atoms with E-state index in [1.165, 1.54) is 32.1 Å². The number of aliphatic carboxylic acids is 3. The van der Waals surface area contributed by atoms with Crippen molar-refractivity contribution in [3.8, 4) is 0 Å². The van der Waals surface area contributed by atoms with Gasteiger partial charge in [0.25, 0.3) is 0 Å². The van der Waals surface area contributed by atoms with Crippen LogP contribution in [0.4, 0.5) is 0 Å². The van der Waals surface area contributed by atoms with Gasteiger partial charge in [0.1, 0.15) is 0 Å². The van der Waals surface area contributed by atoms with Crippen molar-refractivity contribution in [1.29, 1.82) is 0 Å². The van der Waals surface area contributed by atoms with Gasteiger partial charge in [-0.2, -0.15) is 0 Å². The summed E-state index contributed by atoms with van der Waals surface area (Å²) in [7, 11) is 0. The monoisotopic (exact) mass is 385 g/mol. The van der Waals surface area contributed by atoms with Crippen LogP contribution in [0.1, 0.15) is 71.1 Å². The molecule has 0 amide bonds. The lowest BCUT2D eigenvalue weighted by Gasteiger charge is -2.37. The fourth-order valence-electron chi connectivity index (χ4n) is 3.06. The largest absolute Gasteiger partial charge is 0.550 e. The number of quaternary nitrogens is 1. The molecule has 0 bridgehead atoms. The highest BCUT2D eigenvalue weighted by atomic mass is 16.4. The van der Waals surface area contributed by atoms with Gasteiger partial charge in [0.2, 0.25) is 0 Å². The van der Waals surface area contributed by atoms with Crippen LogP contribution in [-0.4, -0.2) is 58.8 Å². The maximum atomic E-state index is 11.0. The van der Waals surface area contributed by atoms with E-state index >= 15 is 0 Å². The van der Waals surface area contributed by atoms with Crippen molar-refractivity contribution in [1.82, 2.24) is 0 Å². The van der Waals surface area contributed by atoms with E-state index < -0.39 is 17.9 Å². The van der Waals surface area contributed by atoms with E-state index in [0.29, 0.717) is 6.54 Å². The Morgan fingerprint density at radius 2 is 1.33 bits per heavy atom. The number of hydrogen-bond acceptors (Lipinski definition) is 4. The van der Waals surface area contributed by atoms with Crippen LogP contribution >= 0.6 is 0 Å². The number of carbonyl (C=O) groups is 3. The molecule has 0 aliphatic heterocycles. The molecule has 0 aromatic carbocycles. The molecule has 0 rings (SSSR count). The third kappa shape index (κ3) is 14.9. The normalized spacial score (nSPS) is 11.7. The maximum absolute atomic E-state index is 11.0. The minimum Gasteiger partial charge on any atom is -0.550 e. The number of carbonyl (C=O) groups excluding carboxylic acids is 1. The summed E-state index contributed by atoms with van der Waals surface area (Å²) >= 11 is 0. The van der Waals surface area contributed by atoms with E-state index in [1.54, 1.807) is 0 Å². The Labute approximate surface area is 162 Å². The molecule has 0 heterocycles. The Morgan fingerprint density at radius 3 is 1.85 bits per heavy atom. The quantitative estimate of drug-likeness (QED) is 0.212. The first kappa shape index (κ1) is 25.1. The van der Waals surface area contributed by atoms with Crippen molar-refractivity contribution < 1.29 is 34.2 Å². The second-order valence-electron chi connectivity index (χ2n) is 7.13. The van der Waals surface area contributed by atoms with E-state index in [2.05, 4.69) is 6.92 Å². The summed E-state index contributed by atoms with van der Waals surface area (Å²) in [6.07, 6.45) is 11.7. The topological polar surface area (TPSA) is 115 Å². The lowest BCUT2D eigenvalue weighted by atomic mass is 10.1. The van der Waals surface area contributed by atoms with E-state index in [4.69, 9.17) is 10.2 Å². The molecular formula is C20H35NO6. The summed E-state index contributed by atoms with van der Waals surface area (Å²) in [6.45, 7) is 3.20. The van der Waals surface area contributed by atoms with Gasteiger partial charge in [-0.15, -0.1) is 0 Å². The van der Waals surface area contributed by atoms with Crippen molar-refractivity contribution in [2.45, 2.75) is 71.1 Å². The molecule has 0 radical (unpaired) electrons. The molecule has 0 aromatic heterocycles. The molecular weight excluding hydrogens is 350 g/mol. The summed E-state index contributed by atoms with van der Waals surface area (Å²) < 4.78 is 0.138. The van der Waals surface area contributed by atoms with Gasteiger partial charge in [-0.05, 0) is 18.9 Å². The predicted molar refractivity (Wildman–Crippen MR) is 101 cm³/mol. The second-order valence-corrected chi connectivity index (χ2v) is 7.13. The van der Waals surface area contributed by atoms with Crippen LogP contribution in [0.25, 0.3) is 0 Å². The number of nitrogens with zero attached hydrogens (tertiary/aromatic N) is 1. The molecule has 0 unspecified atom stereocenters. The molecule has 0 spiro atoms. The van der Waals surface area contributed by atoms with Gasteiger partial charge in [0, 0.05) is 12.4 Å². The van der Waals surface area contributed by atoms with Gasteiger partial charge in [-0.25, -0.2) is 0 Å².